The van der Waals surface area contributed by atoms with Gasteiger partial charge in [-0.15, -0.1) is 0 Å². The van der Waals surface area contributed by atoms with Gasteiger partial charge in [-0.3, -0.25) is 0 Å². The van der Waals surface area contributed by atoms with Crippen molar-refractivity contribution in [2.75, 3.05) is 0 Å². The van der Waals surface area contributed by atoms with Gasteiger partial charge in [0, 0.05) is 17.6 Å². The summed E-state index contributed by atoms with van der Waals surface area (Å²) in [7, 11) is 0. The molecule has 1 saturated carbocycles. The number of carbonyl (C=O) groups excluding carboxylic acids is 1. The maximum absolute atomic E-state index is 13.6. The highest BCUT2D eigenvalue weighted by Gasteiger charge is 2.21. The maximum Gasteiger partial charge on any atom is 0.315 e. The van der Waals surface area contributed by atoms with Crippen LogP contribution in [-0.2, 0) is 6.42 Å². The number of amides is 2. The molecule has 1 aliphatic rings. The van der Waals surface area contributed by atoms with E-state index in [4.69, 9.17) is 0 Å². The van der Waals surface area contributed by atoms with Gasteiger partial charge >= 0.3 is 6.03 Å². The van der Waals surface area contributed by atoms with E-state index in [0.717, 1.165) is 12.8 Å². The largest absolute Gasteiger partial charge is 0.393 e. The Labute approximate surface area is 128 Å². The minimum absolute atomic E-state index is 0.0175. The van der Waals surface area contributed by atoms with Gasteiger partial charge in [0.1, 0.15) is 11.6 Å². The molecule has 1 fully saturated rings. The first kappa shape index (κ1) is 16.7. The minimum Gasteiger partial charge on any atom is -0.393 e. The molecule has 1 atom stereocenters. The number of halogens is 2. The van der Waals surface area contributed by atoms with Gasteiger partial charge in [0.05, 0.1) is 6.10 Å². The van der Waals surface area contributed by atoms with Gasteiger partial charge in [0.2, 0.25) is 0 Å². The normalized spacial score (nSPS) is 22.9. The maximum atomic E-state index is 13.6. The lowest BCUT2D eigenvalue weighted by molar-refractivity contribution is 0.117. The van der Waals surface area contributed by atoms with Crippen LogP contribution in [0.1, 0.15) is 38.2 Å². The summed E-state index contributed by atoms with van der Waals surface area (Å²) >= 11 is 0. The summed E-state index contributed by atoms with van der Waals surface area (Å²) in [6, 6.07) is 3.04. The van der Waals surface area contributed by atoms with Crippen molar-refractivity contribution in [3.8, 4) is 0 Å². The zero-order chi connectivity index (χ0) is 16.1. The number of benzene rings is 1. The summed E-state index contributed by atoms with van der Waals surface area (Å²) in [5.74, 6) is -1.20. The topological polar surface area (TPSA) is 61.4 Å². The molecule has 2 amide bonds. The number of rotatable bonds is 4. The first-order valence-electron chi connectivity index (χ1n) is 7.63. The lowest BCUT2D eigenvalue weighted by atomic mass is 9.93. The number of aliphatic hydroxyl groups is 1. The van der Waals surface area contributed by atoms with Crippen LogP contribution >= 0.6 is 0 Å². The van der Waals surface area contributed by atoms with E-state index in [9.17, 15) is 18.7 Å². The van der Waals surface area contributed by atoms with Crippen molar-refractivity contribution in [3.63, 3.8) is 0 Å². The van der Waals surface area contributed by atoms with E-state index in [1.807, 2.05) is 0 Å². The van der Waals surface area contributed by atoms with Gasteiger partial charge < -0.3 is 15.7 Å². The summed E-state index contributed by atoms with van der Waals surface area (Å²) in [5, 5.41) is 15.0. The zero-order valence-electron chi connectivity index (χ0n) is 12.6. The number of hydrogen-bond acceptors (Lipinski definition) is 2. The molecule has 122 valence electrons. The van der Waals surface area contributed by atoms with Crippen LogP contribution in [0, 0.1) is 11.6 Å². The minimum atomic E-state index is -0.602. The monoisotopic (exact) mass is 312 g/mol. The summed E-state index contributed by atoms with van der Waals surface area (Å²) in [6.45, 7) is 1.70. The standard InChI is InChI=1S/C16H22F2N2O2/c1-10(9-13-14(17)3-2-4-15(13)18)19-16(22)20-11-5-7-12(21)8-6-11/h2-4,10-12,21H,5-9H2,1H3,(H2,19,20,22). The smallest absolute Gasteiger partial charge is 0.315 e. The highest BCUT2D eigenvalue weighted by atomic mass is 19.1. The van der Waals surface area contributed by atoms with Crippen molar-refractivity contribution < 1.29 is 18.7 Å². The third-order valence-corrected chi connectivity index (χ3v) is 3.98. The Balaban J connectivity index is 1.81. The molecule has 0 aromatic heterocycles. The molecule has 1 unspecified atom stereocenters. The van der Waals surface area contributed by atoms with Crippen molar-refractivity contribution >= 4 is 6.03 Å². The molecule has 0 saturated heterocycles. The number of nitrogens with one attached hydrogen (secondary N) is 2. The van der Waals surface area contributed by atoms with Gasteiger partial charge in [0.15, 0.2) is 0 Å². The predicted molar refractivity (Wildman–Crippen MR) is 79.5 cm³/mol. The molecular weight excluding hydrogens is 290 g/mol. The summed E-state index contributed by atoms with van der Waals surface area (Å²) in [6.07, 6.45) is 2.66. The van der Waals surface area contributed by atoms with Gasteiger partial charge in [-0.05, 0) is 51.2 Å². The molecule has 4 nitrogen and oxygen atoms in total. The van der Waals surface area contributed by atoms with Crippen LogP contribution in [-0.4, -0.2) is 29.3 Å². The number of urea groups is 1. The summed E-state index contributed by atoms with van der Waals surface area (Å²) in [5.41, 5.74) is -0.0175. The second kappa shape index (κ2) is 7.54. The van der Waals surface area contributed by atoms with Crippen LogP contribution in [0.4, 0.5) is 13.6 Å². The van der Waals surface area contributed by atoms with E-state index < -0.39 is 11.6 Å². The molecule has 3 N–H and O–H groups in total. The van der Waals surface area contributed by atoms with Gasteiger partial charge in [-0.1, -0.05) is 6.07 Å². The molecule has 1 aromatic rings. The molecule has 0 aliphatic heterocycles. The fourth-order valence-corrected chi connectivity index (χ4v) is 2.76. The van der Waals surface area contributed by atoms with Gasteiger partial charge in [-0.2, -0.15) is 0 Å². The summed E-state index contributed by atoms with van der Waals surface area (Å²) < 4.78 is 27.1. The van der Waals surface area contributed by atoms with Crippen molar-refractivity contribution in [2.24, 2.45) is 0 Å². The summed E-state index contributed by atoms with van der Waals surface area (Å²) in [4.78, 5) is 11.9. The molecular formula is C16H22F2N2O2. The molecule has 2 rings (SSSR count). The lowest BCUT2D eigenvalue weighted by Gasteiger charge is -2.27. The molecule has 0 spiro atoms. The van der Waals surface area contributed by atoms with E-state index in [1.54, 1.807) is 6.92 Å². The Morgan fingerprint density at radius 1 is 1.27 bits per heavy atom. The number of hydrogen-bond donors (Lipinski definition) is 3. The predicted octanol–water partition coefficient (Wildman–Crippen LogP) is 2.50. The molecule has 1 aliphatic carbocycles. The van der Waals surface area contributed by atoms with Crippen LogP contribution in [0.15, 0.2) is 18.2 Å². The van der Waals surface area contributed by atoms with Crippen molar-refractivity contribution in [1.82, 2.24) is 10.6 Å². The molecule has 6 heteroatoms. The molecule has 0 radical (unpaired) electrons. The third kappa shape index (κ3) is 4.66. The second-order valence-corrected chi connectivity index (χ2v) is 5.93. The second-order valence-electron chi connectivity index (χ2n) is 5.93. The van der Waals surface area contributed by atoms with Gasteiger partial charge in [-0.25, -0.2) is 13.6 Å². The van der Waals surface area contributed by atoms with E-state index >= 15 is 0 Å². The number of aliphatic hydroxyl groups excluding tert-OH is 1. The highest BCUT2D eigenvalue weighted by molar-refractivity contribution is 5.74. The Bertz CT molecular complexity index is 497. The zero-order valence-corrected chi connectivity index (χ0v) is 12.6. The van der Waals surface area contributed by atoms with Crippen LogP contribution in [0.25, 0.3) is 0 Å². The Kier molecular flexibility index (Phi) is 5.71. The lowest BCUT2D eigenvalue weighted by Crippen LogP contribution is -2.47. The highest BCUT2D eigenvalue weighted by Crippen LogP contribution is 2.18. The average molecular weight is 312 g/mol. The molecule has 22 heavy (non-hydrogen) atoms. The van der Waals surface area contributed by atoms with E-state index in [2.05, 4.69) is 10.6 Å². The van der Waals surface area contributed by atoms with Crippen LogP contribution in [0.2, 0.25) is 0 Å². The van der Waals surface area contributed by atoms with Crippen LogP contribution in [0.5, 0.6) is 0 Å². The average Bonchev–Trinajstić information content (AvgIpc) is 2.45. The first-order valence-corrected chi connectivity index (χ1v) is 7.63. The Morgan fingerprint density at radius 3 is 2.45 bits per heavy atom. The van der Waals surface area contributed by atoms with Gasteiger partial charge in [0.25, 0.3) is 0 Å². The van der Waals surface area contributed by atoms with Crippen molar-refractivity contribution in [3.05, 3.63) is 35.4 Å². The fraction of sp³-hybridized carbons (Fsp3) is 0.562. The van der Waals surface area contributed by atoms with E-state index in [0.29, 0.717) is 12.8 Å². The molecule has 0 heterocycles. The quantitative estimate of drug-likeness (QED) is 0.800. The van der Waals surface area contributed by atoms with E-state index in [-0.39, 0.29) is 36.2 Å². The first-order chi connectivity index (χ1) is 10.5. The SMILES string of the molecule is CC(Cc1c(F)cccc1F)NC(=O)NC1CCC(O)CC1. The van der Waals surface area contributed by atoms with Crippen LogP contribution < -0.4 is 10.6 Å². The number of carbonyl (C=O) groups is 1. The van der Waals surface area contributed by atoms with E-state index in [1.165, 1.54) is 18.2 Å². The fourth-order valence-electron chi connectivity index (χ4n) is 2.76. The van der Waals surface area contributed by atoms with Crippen molar-refractivity contribution in [1.29, 1.82) is 0 Å². The third-order valence-electron chi connectivity index (χ3n) is 3.98. The van der Waals surface area contributed by atoms with Crippen molar-refractivity contribution in [2.45, 2.75) is 57.2 Å². The Morgan fingerprint density at radius 2 is 1.86 bits per heavy atom. The molecule has 1 aromatic carbocycles. The molecule has 0 bridgehead atoms. The van der Waals surface area contributed by atoms with Crippen LogP contribution in [0.3, 0.4) is 0 Å². The Hall–Kier alpha value is -1.69.